The number of nitrogens with one attached hydrogen (secondary N) is 1. The lowest BCUT2D eigenvalue weighted by molar-refractivity contribution is 0.225. The molecular weight excluding hydrogens is 258 g/mol. The summed E-state index contributed by atoms with van der Waals surface area (Å²) in [5.41, 5.74) is 1.46. The lowest BCUT2D eigenvalue weighted by Crippen LogP contribution is -2.30. The fourth-order valence-corrected chi connectivity index (χ4v) is 3.70. The van der Waals surface area contributed by atoms with Gasteiger partial charge in [0, 0.05) is 0 Å². The first-order valence-electron chi connectivity index (χ1n) is 8.55. The van der Waals surface area contributed by atoms with E-state index >= 15 is 0 Å². The Hall–Kier alpha value is -1.02. The van der Waals surface area contributed by atoms with Gasteiger partial charge in [0.2, 0.25) is 0 Å². The minimum Gasteiger partial charge on any atom is -0.491 e. The third kappa shape index (κ3) is 4.47. The van der Waals surface area contributed by atoms with Crippen molar-refractivity contribution in [3.05, 3.63) is 29.8 Å². The van der Waals surface area contributed by atoms with E-state index in [4.69, 9.17) is 4.74 Å². The highest BCUT2D eigenvalue weighted by Crippen LogP contribution is 2.42. The fraction of sp³-hybridized carbons (Fsp3) is 0.684. The molecule has 2 heteroatoms. The minimum absolute atomic E-state index is 0.239. The summed E-state index contributed by atoms with van der Waals surface area (Å²) in [6.07, 6.45) is 5.61. The van der Waals surface area contributed by atoms with E-state index in [2.05, 4.69) is 57.4 Å². The van der Waals surface area contributed by atoms with Crippen molar-refractivity contribution < 1.29 is 4.74 Å². The molecule has 21 heavy (non-hydrogen) atoms. The number of hydrogen-bond acceptors (Lipinski definition) is 2. The Labute approximate surface area is 130 Å². The Balaban J connectivity index is 2.18. The van der Waals surface area contributed by atoms with E-state index in [0.29, 0.717) is 5.92 Å². The maximum absolute atomic E-state index is 5.88. The highest BCUT2D eigenvalue weighted by Gasteiger charge is 2.30. The molecule has 2 rings (SSSR count). The molecule has 0 spiro atoms. The van der Waals surface area contributed by atoms with Gasteiger partial charge in [-0.3, -0.25) is 0 Å². The van der Waals surface area contributed by atoms with Crippen LogP contribution in [0.25, 0.3) is 0 Å². The summed E-state index contributed by atoms with van der Waals surface area (Å²) in [5.74, 6) is 3.33. The summed E-state index contributed by atoms with van der Waals surface area (Å²) in [7, 11) is 2.07. The Kier molecular flexibility index (Phi) is 6.10. The van der Waals surface area contributed by atoms with Crippen molar-refractivity contribution in [2.24, 2.45) is 11.8 Å². The normalized spacial score (nSPS) is 26.0. The van der Waals surface area contributed by atoms with Crippen molar-refractivity contribution in [3.63, 3.8) is 0 Å². The van der Waals surface area contributed by atoms with E-state index in [1.807, 2.05) is 0 Å². The molecule has 3 atom stereocenters. The fourth-order valence-electron chi connectivity index (χ4n) is 3.70. The van der Waals surface area contributed by atoms with Gasteiger partial charge in [0.25, 0.3) is 0 Å². The number of hydrogen-bond donors (Lipinski definition) is 1. The van der Waals surface area contributed by atoms with E-state index in [9.17, 15) is 0 Å². The first-order valence-corrected chi connectivity index (χ1v) is 8.55. The lowest BCUT2D eigenvalue weighted by atomic mass is 9.70. The SMILES string of the molecule is CCC1CCC(CNC)C(c2cccc(OC(C)C)c2)C1. The van der Waals surface area contributed by atoms with Crippen LogP contribution in [0, 0.1) is 11.8 Å². The molecule has 1 aromatic carbocycles. The van der Waals surface area contributed by atoms with Crippen LogP contribution in [-0.2, 0) is 0 Å². The van der Waals surface area contributed by atoms with Crippen molar-refractivity contribution in [1.82, 2.24) is 5.32 Å². The molecule has 0 saturated heterocycles. The zero-order valence-corrected chi connectivity index (χ0v) is 14.1. The zero-order valence-electron chi connectivity index (χ0n) is 14.1. The van der Waals surface area contributed by atoms with Crippen LogP contribution in [0.15, 0.2) is 24.3 Å². The van der Waals surface area contributed by atoms with E-state index in [-0.39, 0.29) is 6.10 Å². The van der Waals surface area contributed by atoms with Crippen LogP contribution in [0.3, 0.4) is 0 Å². The average molecular weight is 289 g/mol. The van der Waals surface area contributed by atoms with Crippen LogP contribution in [0.1, 0.15) is 57.9 Å². The van der Waals surface area contributed by atoms with Crippen LogP contribution >= 0.6 is 0 Å². The van der Waals surface area contributed by atoms with Crippen molar-refractivity contribution in [2.75, 3.05) is 13.6 Å². The second kappa shape index (κ2) is 7.84. The molecule has 0 amide bonds. The molecule has 0 bridgehead atoms. The van der Waals surface area contributed by atoms with Gasteiger partial charge in [0.15, 0.2) is 0 Å². The third-order valence-electron chi connectivity index (χ3n) is 4.80. The topological polar surface area (TPSA) is 21.3 Å². The second-order valence-electron chi connectivity index (χ2n) is 6.75. The molecule has 0 radical (unpaired) electrons. The predicted molar refractivity (Wildman–Crippen MR) is 90.0 cm³/mol. The Bertz CT molecular complexity index is 429. The average Bonchev–Trinajstić information content (AvgIpc) is 2.47. The summed E-state index contributed by atoms with van der Waals surface area (Å²) < 4.78 is 5.88. The number of benzene rings is 1. The van der Waals surface area contributed by atoms with E-state index in [1.165, 1.54) is 31.2 Å². The molecular formula is C19H31NO. The van der Waals surface area contributed by atoms with Crippen molar-refractivity contribution in [1.29, 1.82) is 0 Å². The first-order chi connectivity index (χ1) is 10.1. The van der Waals surface area contributed by atoms with Crippen LogP contribution < -0.4 is 10.1 Å². The van der Waals surface area contributed by atoms with Crippen LogP contribution in [-0.4, -0.2) is 19.7 Å². The van der Waals surface area contributed by atoms with Gasteiger partial charge in [-0.15, -0.1) is 0 Å². The molecule has 3 unspecified atom stereocenters. The molecule has 118 valence electrons. The van der Waals surface area contributed by atoms with E-state index in [0.717, 1.165) is 24.1 Å². The van der Waals surface area contributed by atoms with Gasteiger partial charge in [-0.25, -0.2) is 0 Å². The van der Waals surface area contributed by atoms with Crippen molar-refractivity contribution in [3.8, 4) is 5.75 Å². The highest BCUT2D eigenvalue weighted by atomic mass is 16.5. The summed E-state index contributed by atoms with van der Waals surface area (Å²) in [6, 6.07) is 8.79. The molecule has 1 aliphatic rings. The van der Waals surface area contributed by atoms with E-state index < -0.39 is 0 Å². The Morgan fingerprint density at radius 1 is 1.29 bits per heavy atom. The van der Waals surface area contributed by atoms with Crippen molar-refractivity contribution in [2.45, 2.75) is 58.5 Å². The van der Waals surface area contributed by atoms with Gasteiger partial charge < -0.3 is 10.1 Å². The zero-order chi connectivity index (χ0) is 15.2. The van der Waals surface area contributed by atoms with Crippen LogP contribution in [0.4, 0.5) is 0 Å². The quantitative estimate of drug-likeness (QED) is 0.826. The van der Waals surface area contributed by atoms with Crippen LogP contribution in [0.5, 0.6) is 5.75 Å². The van der Waals surface area contributed by atoms with Gasteiger partial charge in [-0.2, -0.15) is 0 Å². The summed E-state index contributed by atoms with van der Waals surface area (Å²) >= 11 is 0. The molecule has 1 aliphatic carbocycles. The molecule has 0 heterocycles. The molecule has 1 saturated carbocycles. The first kappa shape index (κ1) is 16.4. The lowest BCUT2D eigenvalue weighted by Gasteiger charge is -2.36. The van der Waals surface area contributed by atoms with Gasteiger partial charge in [-0.1, -0.05) is 31.9 Å². The maximum atomic E-state index is 5.88. The third-order valence-corrected chi connectivity index (χ3v) is 4.80. The largest absolute Gasteiger partial charge is 0.491 e. The molecule has 0 aliphatic heterocycles. The molecule has 0 aromatic heterocycles. The summed E-state index contributed by atoms with van der Waals surface area (Å²) in [6.45, 7) is 7.63. The monoisotopic (exact) mass is 289 g/mol. The highest BCUT2D eigenvalue weighted by molar-refractivity contribution is 5.32. The maximum Gasteiger partial charge on any atom is 0.119 e. The number of ether oxygens (including phenoxy) is 1. The summed E-state index contributed by atoms with van der Waals surface area (Å²) in [4.78, 5) is 0. The minimum atomic E-state index is 0.239. The van der Waals surface area contributed by atoms with Gasteiger partial charge in [0.05, 0.1) is 6.10 Å². The summed E-state index contributed by atoms with van der Waals surface area (Å²) in [5, 5.41) is 3.39. The Morgan fingerprint density at radius 2 is 2.10 bits per heavy atom. The van der Waals surface area contributed by atoms with E-state index in [1.54, 1.807) is 0 Å². The predicted octanol–water partition coefficient (Wildman–Crippen LogP) is 4.60. The Morgan fingerprint density at radius 3 is 2.76 bits per heavy atom. The van der Waals surface area contributed by atoms with Gasteiger partial charge in [0.1, 0.15) is 5.75 Å². The molecule has 1 aromatic rings. The van der Waals surface area contributed by atoms with Crippen molar-refractivity contribution >= 4 is 0 Å². The molecule has 1 fully saturated rings. The smallest absolute Gasteiger partial charge is 0.119 e. The molecule has 2 nitrogen and oxygen atoms in total. The molecule has 1 N–H and O–H groups in total. The van der Waals surface area contributed by atoms with Gasteiger partial charge in [-0.05, 0) is 75.7 Å². The number of rotatable bonds is 6. The second-order valence-corrected chi connectivity index (χ2v) is 6.75. The van der Waals surface area contributed by atoms with Gasteiger partial charge >= 0.3 is 0 Å². The standard InChI is InChI=1S/C19H31NO/c1-5-15-9-10-17(13-20-4)19(11-15)16-7-6-8-18(12-16)21-14(2)3/h6-8,12,14-15,17,19-20H,5,9-11,13H2,1-4H3. The van der Waals surface area contributed by atoms with Crippen LogP contribution in [0.2, 0.25) is 0 Å².